The first-order valence-corrected chi connectivity index (χ1v) is 11.5. The Morgan fingerprint density at radius 1 is 1.23 bits per heavy atom. The third-order valence-electron chi connectivity index (χ3n) is 5.30. The van der Waals surface area contributed by atoms with Crippen molar-refractivity contribution < 1.29 is 13.2 Å². The van der Waals surface area contributed by atoms with Crippen LogP contribution in [0, 0.1) is 0 Å². The van der Waals surface area contributed by atoms with Crippen molar-refractivity contribution in [2.24, 2.45) is 0 Å². The Balaban J connectivity index is 1.59. The van der Waals surface area contributed by atoms with Gasteiger partial charge in [0.15, 0.2) is 5.65 Å². The molecule has 1 fully saturated rings. The Hall–Kier alpha value is -2.78. The molecule has 3 heterocycles. The van der Waals surface area contributed by atoms with Crippen LogP contribution in [-0.4, -0.2) is 46.3 Å². The van der Waals surface area contributed by atoms with Gasteiger partial charge in [-0.3, -0.25) is 4.79 Å². The number of carbonyl (C=O) groups excluding carboxylic acids is 1. The monoisotopic (exact) mass is 427 g/mol. The van der Waals surface area contributed by atoms with Crippen LogP contribution in [0.15, 0.2) is 47.5 Å². The Kier molecular flexibility index (Phi) is 5.57. The Morgan fingerprint density at radius 2 is 2.00 bits per heavy atom. The number of anilines is 1. The molecule has 3 aromatic rings. The third kappa shape index (κ3) is 3.82. The number of rotatable bonds is 6. The van der Waals surface area contributed by atoms with Crippen LogP contribution in [-0.2, 0) is 21.2 Å². The summed E-state index contributed by atoms with van der Waals surface area (Å²) in [5.74, 6) is 0.757. The van der Waals surface area contributed by atoms with Gasteiger partial charge in [-0.05, 0) is 49.2 Å². The Labute approximate surface area is 176 Å². The summed E-state index contributed by atoms with van der Waals surface area (Å²) < 4.78 is 30.0. The van der Waals surface area contributed by atoms with Gasteiger partial charge in [0.1, 0.15) is 11.3 Å². The molecule has 30 heavy (non-hydrogen) atoms. The van der Waals surface area contributed by atoms with E-state index < -0.39 is 10.0 Å². The van der Waals surface area contributed by atoms with Crippen molar-refractivity contribution in [3.05, 3.63) is 48.4 Å². The summed E-state index contributed by atoms with van der Waals surface area (Å²) in [6, 6.07) is 10.1. The van der Waals surface area contributed by atoms with Gasteiger partial charge in [0, 0.05) is 38.3 Å². The van der Waals surface area contributed by atoms with Crippen LogP contribution >= 0.6 is 0 Å². The Bertz CT molecular complexity index is 1170. The lowest BCUT2D eigenvalue weighted by Crippen LogP contribution is -2.29. The van der Waals surface area contributed by atoms with Gasteiger partial charge in [0.05, 0.1) is 10.9 Å². The van der Waals surface area contributed by atoms with E-state index in [1.165, 1.54) is 23.4 Å². The largest absolute Gasteiger partial charge is 0.326 e. The van der Waals surface area contributed by atoms with Crippen LogP contribution in [0.3, 0.4) is 0 Å². The number of aryl methyl sites for hydroxylation is 1. The molecule has 0 spiro atoms. The van der Waals surface area contributed by atoms with E-state index in [4.69, 9.17) is 4.98 Å². The molecule has 9 heteroatoms. The van der Waals surface area contributed by atoms with E-state index in [1.807, 2.05) is 12.1 Å². The highest BCUT2D eigenvalue weighted by atomic mass is 32.2. The van der Waals surface area contributed by atoms with E-state index in [0.717, 1.165) is 29.8 Å². The minimum atomic E-state index is -3.62. The van der Waals surface area contributed by atoms with Gasteiger partial charge in [0.2, 0.25) is 15.9 Å². The van der Waals surface area contributed by atoms with Crippen molar-refractivity contribution >= 4 is 32.8 Å². The van der Waals surface area contributed by atoms with E-state index in [9.17, 15) is 13.2 Å². The Morgan fingerprint density at radius 3 is 2.70 bits per heavy atom. The topological polar surface area (TPSA) is 97.2 Å². The molecule has 1 saturated heterocycles. The summed E-state index contributed by atoms with van der Waals surface area (Å²) in [7, 11) is -3.62. The second-order valence-corrected chi connectivity index (χ2v) is 9.44. The van der Waals surface area contributed by atoms with Crippen LogP contribution in [0.1, 0.15) is 38.6 Å². The molecule has 1 N–H and O–H groups in total. The number of benzene rings is 1. The van der Waals surface area contributed by atoms with Crippen LogP contribution in [0.5, 0.6) is 0 Å². The molecule has 0 radical (unpaired) electrons. The van der Waals surface area contributed by atoms with Crippen molar-refractivity contribution in [2.75, 3.05) is 18.4 Å². The average molecular weight is 428 g/mol. The minimum Gasteiger partial charge on any atom is -0.326 e. The normalized spacial score (nSPS) is 17.5. The maximum absolute atomic E-state index is 13.2. The van der Waals surface area contributed by atoms with Crippen molar-refractivity contribution in [2.45, 2.75) is 44.0 Å². The summed E-state index contributed by atoms with van der Waals surface area (Å²) in [6.45, 7) is 4.34. The molecule has 1 amide bonds. The highest BCUT2D eigenvalue weighted by Gasteiger charge is 2.35. The van der Waals surface area contributed by atoms with Gasteiger partial charge in [-0.1, -0.05) is 6.92 Å². The fourth-order valence-electron chi connectivity index (χ4n) is 3.96. The zero-order chi connectivity index (χ0) is 21.3. The molecule has 4 rings (SSSR count). The highest BCUT2D eigenvalue weighted by molar-refractivity contribution is 7.89. The number of aromatic nitrogens is 3. The number of pyridine rings is 1. The molecule has 1 atom stereocenters. The predicted octanol–water partition coefficient (Wildman–Crippen LogP) is 2.98. The summed E-state index contributed by atoms with van der Waals surface area (Å²) >= 11 is 0. The lowest BCUT2D eigenvalue weighted by Gasteiger charge is -2.19. The zero-order valence-electron chi connectivity index (χ0n) is 17.1. The van der Waals surface area contributed by atoms with Crippen LogP contribution in [0.2, 0.25) is 0 Å². The van der Waals surface area contributed by atoms with Crippen LogP contribution in [0.25, 0.3) is 11.2 Å². The predicted molar refractivity (Wildman–Crippen MR) is 115 cm³/mol. The number of sulfonamides is 1. The standard InChI is InChI=1S/C21H25N5O3S/c1-3-5-20-24-19-6-4-12-22-21(19)26(20)17-11-13-25(14-17)30(28,29)18-9-7-16(8-10-18)23-15(2)27/h4,6-10,12,17H,3,5,11,13-14H2,1-2H3,(H,23,27). The second kappa shape index (κ2) is 8.16. The molecule has 0 aliphatic carbocycles. The number of carbonyl (C=O) groups is 1. The fourth-order valence-corrected chi connectivity index (χ4v) is 5.45. The molecule has 1 aromatic carbocycles. The number of nitrogens with one attached hydrogen (secondary N) is 1. The molecule has 2 aromatic heterocycles. The molecule has 0 bridgehead atoms. The SMILES string of the molecule is CCCc1nc2cccnc2n1C1CCN(S(=O)(=O)c2ccc(NC(C)=O)cc2)C1. The lowest BCUT2D eigenvalue weighted by molar-refractivity contribution is -0.114. The maximum atomic E-state index is 13.2. The van der Waals surface area contributed by atoms with E-state index in [1.54, 1.807) is 18.3 Å². The van der Waals surface area contributed by atoms with Gasteiger partial charge >= 0.3 is 0 Å². The molecular formula is C21H25N5O3S. The number of nitrogens with zero attached hydrogens (tertiary/aromatic N) is 4. The van der Waals surface area contributed by atoms with Gasteiger partial charge in [0.25, 0.3) is 0 Å². The van der Waals surface area contributed by atoms with E-state index in [0.29, 0.717) is 25.2 Å². The maximum Gasteiger partial charge on any atom is 0.243 e. The van der Waals surface area contributed by atoms with Crippen molar-refractivity contribution in [1.29, 1.82) is 0 Å². The molecule has 1 aliphatic rings. The van der Waals surface area contributed by atoms with Gasteiger partial charge < -0.3 is 9.88 Å². The van der Waals surface area contributed by atoms with Crippen molar-refractivity contribution in [3.63, 3.8) is 0 Å². The number of fused-ring (bicyclic) bond motifs is 1. The molecule has 1 unspecified atom stereocenters. The quantitative estimate of drug-likeness (QED) is 0.652. The number of hydrogen-bond acceptors (Lipinski definition) is 5. The fraction of sp³-hybridized carbons (Fsp3) is 0.381. The van der Waals surface area contributed by atoms with Crippen molar-refractivity contribution in [1.82, 2.24) is 18.8 Å². The minimum absolute atomic E-state index is 0.000113. The molecule has 0 saturated carbocycles. The average Bonchev–Trinajstić information content (AvgIpc) is 3.33. The van der Waals surface area contributed by atoms with E-state index in [-0.39, 0.29) is 16.8 Å². The summed E-state index contributed by atoms with van der Waals surface area (Å²) in [5.41, 5.74) is 2.22. The van der Waals surface area contributed by atoms with Gasteiger partial charge in [-0.25, -0.2) is 18.4 Å². The number of imidazole rings is 1. The zero-order valence-corrected chi connectivity index (χ0v) is 17.9. The van der Waals surface area contributed by atoms with Gasteiger partial charge in [-0.2, -0.15) is 4.31 Å². The number of amides is 1. The third-order valence-corrected chi connectivity index (χ3v) is 7.18. The van der Waals surface area contributed by atoms with Crippen LogP contribution in [0.4, 0.5) is 5.69 Å². The second-order valence-electron chi connectivity index (χ2n) is 7.51. The first-order chi connectivity index (χ1) is 14.4. The highest BCUT2D eigenvalue weighted by Crippen LogP contribution is 2.31. The van der Waals surface area contributed by atoms with Gasteiger partial charge in [-0.15, -0.1) is 0 Å². The molecule has 158 valence electrons. The molecule has 1 aliphatic heterocycles. The number of hydrogen-bond donors (Lipinski definition) is 1. The molecule has 8 nitrogen and oxygen atoms in total. The summed E-state index contributed by atoms with van der Waals surface area (Å²) in [4.78, 5) is 20.6. The first kappa shape index (κ1) is 20.5. The first-order valence-electron chi connectivity index (χ1n) is 10.1. The van der Waals surface area contributed by atoms with E-state index in [2.05, 4.69) is 21.8 Å². The smallest absolute Gasteiger partial charge is 0.243 e. The van der Waals surface area contributed by atoms with E-state index >= 15 is 0 Å². The molecular weight excluding hydrogens is 402 g/mol. The lowest BCUT2D eigenvalue weighted by atomic mass is 10.2. The van der Waals surface area contributed by atoms with Crippen LogP contribution < -0.4 is 5.32 Å². The van der Waals surface area contributed by atoms with Crippen molar-refractivity contribution in [3.8, 4) is 0 Å². The summed E-state index contributed by atoms with van der Waals surface area (Å²) in [6.07, 6.45) is 4.24. The summed E-state index contributed by atoms with van der Waals surface area (Å²) in [5, 5.41) is 2.65.